The van der Waals surface area contributed by atoms with E-state index in [9.17, 15) is 27.6 Å². The number of carbonyl (C=O) groups is 4. The minimum absolute atomic E-state index is 0.0426. The second kappa shape index (κ2) is 27.3. The van der Waals surface area contributed by atoms with E-state index >= 15 is 0 Å². The number of aryl methyl sites for hydroxylation is 1. The second-order valence-corrected chi connectivity index (χ2v) is 21.6. The maximum absolute atomic E-state index is 13.2. The molecule has 0 aliphatic carbocycles. The predicted octanol–water partition coefficient (Wildman–Crippen LogP) is 6.64. The molecule has 1 aromatic heterocycles. The van der Waals surface area contributed by atoms with Crippen molar-refractivity contribution >= 4 is 68.2 Å². The van der Waals surface area contributed by atoms with Gasteiger partial charge in [0.15, 0.2) is 15.7 Å². The molecule has 1 unspecified atom stereocenters. The minimum Gasteiger partial charge on any atom is -0.490 e. The summed E-state index contributed by atoms with van der Waals surface area (Å²) in [6.07, 6.45) is 3.51. The lowest BCUT2D eigenvalue weighted by atomic mass is 9.86. The second-order valence-electron chi connectivity index (χ2n) is 18.8. The van der Waals surface area contributed by atoms with Gasteiger partial charge in [-0.25, -0.2) is 13.4 Å². The monoisotopic (exact) mass is 1080 g/mol. The standard InChI is InChI=1S/C53H68ClN7O13S/c1-34(2)74-45-32-39(36(5)31-42(45)57-53-55-33-40(54)49(59-53)56-41-10-6-7-12-46(41)75(66,67)35(3)4)37-15-17-60(18-16-37)19-20-68-21-22-69-23-24-70-25-26-71-27-28-72-29-30-73-44-11-8-9-38-48(44)52(65)61(51(38)64)43-13-14-47(62)58-50(43)63/h6-12,31-35,37,43H,13-30H2,1-5H3,(H,58,62,63)(H2,55,56,57,59). The maximum Gasteiger partial charge on any atom is 0.266 e. The van der Waals surface area contributed by atoms with Gasteiger partial charge < -0.3 is 48.7 Å². The quantitative estimate of drug-likeness (QED) is 0.0382. The third-order valence-corrected chi connectivity index (χ3v) is 15.3. The number of halogens is 1. The SMILES string of the molecule is Cc1cc(Nc2ncc(Cl)c(Nc3ccccc3S(=O)(=O)C(C)C)n2)c(OC(C)C)cc1C1CCN(CCOCCOCCOCCOCCOCCOc2cccc3c2C(=O)N(C2CCC(=O)NC2=O)C3=O)CC1. The van der Waals surface area contributed by atoms with Crippen LogP contribution in [-0.4, -0.2) is 162 Å². The van der Waals surface area contributed by atoms with Crippen LogP contribution < -0.4 is 25.4 Å². The Bertz CT molecular complexity index is 2740. The molecule has 20 nitrogen and oxygen atoms in total. The molecule has 0 saturated carbocycles. The number of ether oxygens (including phenoxy) is 7. The number of hydrogen-bond donors (Lipinski definition) is 3. The first-order valence-corrected chi connectivity index (χ1v) is 27.3. The van der Waals surface area contributed by atoms with Crippen molar-refractivity contribution in [3.8, 4) is 11.5 Å². The third kappa shape index (κ3) is 15.2. The number of para-hydroxylation sites is 1. The van der Waals surface area contributed by atoms with Crippen LogP contribution in [0.15, 0.2) is 65.7 Å². The number of hydrogen-bond acceptors (Lipinski definition) is 18. The summed E-state index contributed by atoms with van der Waals surface area (Å²) in [6, 6.07) is 14.5. The fourth-order valence-electron chi connectivity index (χ4n) is 8.89. The number of benzene rings is 3. The van der Waals surface area contributed by atoms with Gasteiger partial charge in [-0.05, 0) is 120 Å². The van der Waals surface area contributed by atoms with Gasteiger partial charge in [-0.15, -0.1) is 0 Å². The number of sulfone groups is 1. The Kier molecular flexibility index (Phi) is 20.7. The lowest BCUT2D eigenvalue weighted by Gasteiger charge is -2.33. The summed E-state index contributed by atoms with van der Waals surface area (Å²) < 4.78 is 66.6. The number of fused-ring (bicyclic) bond motifs is 1. The molecule has 0 radical (unpaired) electrons. The molecule has 3 N–H and O–H groups in total. The Labute approximate surface area is 443 Å². The van der Waals surface area contributed by atoms with Crippen molar-refractivity contribution in [1.29, 1.82) is 0 Å². The topological polar surface area (TPSA) is 235 Å². The molecule has 3 aromatic carbocycles. The normalized spacial score (nSPS) is 16.5. The highest BCUT2D eigenvalue weighted by molar-refractivity contribution is 7.92. The average Bonchev–Trinajstić information content (AvgIpc) is 3.65. The van der Waals surface area contributed by atoms with Crippen LogP contribution in [0.5, 0.6) is 11.5 Å². The van der Waals surface area contributed by atoms with Gasteiger partial charge in [0.2, 0.25) is 17.8 Å². The minimum atomic E-state index is -3.58. The van der Waals surface area contributed by atoms with E-state index in [1.54, 1.807) is 50.2 Å². The number of amides is 4. The zero-order chi connectivity index (χ0) is 53.5. The number of piperidine rings is 2. The number of likely N-dealkylation sites (tertiary alicyclic amines) is 1. The van der Waals surface area contributed by atoms with Gasteiger partial charge in [0, 0.05) is 13.0 Å². The Morgan fingerprint density at radius 3 is 2.03 bits per heavy atom. The zero-order valence-corrected chi connectivity index (χ0v) is 44.8. The van der Waals surface area contributed by atoms with Gasteiger partial charge >= 0.3 is 0 Å². The molecule has 75 heavy (non-hydrogen) atoms. The van der Waals surface area contributed by atoms with E-state index in [1.165, 1.54) is 17.8 Å². The van der Waals surface area contributed by atoms with Gasteiger partial charge in [0.05, 0.1) is 111 Å². The fraction of sp³-hybridized carbons (Fsp3) is 0.509. The van der Waals surface area contributed by atoms with E-state index in [-0.39, 0.29) is 70.7 Å². The van der Waals surface area contributed by atoms with Gasteiger partial charge in [0.1, 0.15) is 29.2 Å². The molecule has 4 heterocycles. The van der Waals surface area contributed by atoms with E-state index < -0.39 is 44.8 Å². The van der Waals surface area contributed by atoms with Crippen LogP contribution in [0.1, 0.15) is 91.1 Å². The summed E-state index contributed by atoms with van der Waals surface area (Å²) in [6.45, 7) is 16.4. The van der Waals surface area contributed by atoms with Crippen LogP contribution in [-0.2, 0) is 43.1 Å². The Balaban J connectivity index is 0.722. The van der Waals surface area contributed by atoms with Crippen LogP contribution in [0.3, 0.4) is 0 Å². The van der Waals surface area contributed by atoms with Crippen molar-refractivity contribution in [2.45, 2.75) is 88.5 Å². The fourth-order valence-corrected chi connectivity index (χ4v) is 10.2. The molecule has 1 atom stereocenters. The van der Waals surface area contributed by atoms with E-state index in [1.807, 2.05) is 13.8 Å². The number of aromatic nitrogens is 2. The Morgan fingerprint density at radius 1 is 0.747 bits per heavy atom. The molecular weight excluding hydrogens is 1010 g/mol. The third-order valence-electron chi connectivity index (χ3n) is 12.8. The van der Waals surface area contributed by atoms with Gasteiger partial charge in [-0.3, -0.25) is 29.4 Å². The van der Waals surface area contributed by atoms with E-state index in [0.29, 0.717) is 82.5 Å². The van der Waals surface area contributed by atoms with Crippen LogP contribution in [0.25, 0.3) is 0 Å². The molecule has 7 rings (SSSR count). The Hall–Kier alpha value is -5.78. The molecule has 22 heteroatoms. The lowest BCUT2D eigenvalue weighted by Crippen LogP contribution is -2.54. The first-order valence-electron chi connectivity index (χ1n) is 25.4. The summed E-state index contributed by atoms with van der Waals surface area (Å²) >= 11 is 6.51. The van der Waals surface area contributed by atoms with Gasteiger partial charge in [0.25, 0.3) is 11.8 Å². The summed E-state index contributed by atoms with van der Waals surface area (Å²) in [5.41, 5.74) is 3.69. The summed E-state index contributed by atoms with van der Waals surface area (Å²) in [7, 11) is -3.58. The molecule has 4 amide bonds. The molecule has 4 aromatic rings. The van der Waals surface area contributed by atoms with Crippen LogP contribution in [0.4, 0.5) is 23.1 Å². The molecule has 0 spiro atoms. The van der Waals surface area contributed by atoms with Crippen molar-refractivity contribution < 1.29 is 60.8 Å². The molecule has 3 aliphatic heterocycles. The first-order chi connectivity index (χ1) is 36.1. The van der Waals surface area contributed by atoms with Crippen molar-refractivity contribution in [1.82, 2.24) is 25.1 Å². The summed E-state index contributed by atoms with van der Waals surface area (Å²) in [4.78, 5) is 62.7. The van der Waals surface area contributed by atoms with Crippen LogP contribution in [0, 0.1) is 6.92 Å². The number of imide groups is 2. The molecule has 0 bridgehead atoms. The van der Waals surface area contributed by atoms with E-state index in [2.05, 4.69) is 49.9 Å². The summed E-state index contributed by atoms with van der Waals surface area (Å²) in [5, 5.41) is 8.25. The molecule has 2 saturated heterocycles. The number of rotatable bonds is 29. The highest BCUT2D eigenvalue weighted by atomic mass is 35.5. The van der Waals surface area contributed by atoms with Gasteiger partial charge in [-0.1, -0.05) is 29.8 Å². The molecule has 3 aliphatic rings. The van der Waals surface area contributed by atoms with Crippen LogP contribution >= 0.6 is 11.6 Å². The summed E-state index contributed by atoms with van der Waals surface area (Å²) in [5.74, 6) is -0.520. The number of anilines is 4. The average molecular weight is 1080 g/mol. The lowest BCUT2D eigenvalue weighted by molar-refractivity contribution is -0.136. The number of nitrogens with one attached hydrogen (secondary N) is 3. The highest BCUT2D eigenvalue weighted by Gasteiger charge is 2.46. The first kappa shape index (κ1) is 56.9. The molecule has 406 valence electrons. The van der Waals surface area contributed by atoms with Crippen molar-refractivity contribution in [3.05, 3.63) is 88.1 Å². The highest BCUT2D eigenvalue weighted by Crippen LogP contribution is 2.39. The van der Waals surface area contributed by atoms with Crippen molar-refractivity contribution in [2.75, 3.05) is 103 Å². The number of nitrogens with zero attached hydrogens (tertiary/aromatic N) is 4. The van der Waals surface area contributed by atoms with E-state index in [4.69, 9.17) is 44.8 Å². The van der Waals surface area contributed by atoms with Crippen LogP contribution in [0.2, 0.25) is 5.02 Å². The zero-order valence-electron chi connectivity index (χ0n) is 43.2. The van der Waals surface area contributed by atoms with Gasteiger partial charge in [-0.2, -0.15) is 4.98 Å². The molecular formula is C53H68ClN7O13S. The Morgan fingerprint density at radius 2 is 1.39 bits per heavy atom. The number of carbonyl (C=O) groups excluding carboxylic acids is 4. The maximum atomic E-state index is 13.2. The van der Waals surface area contributed by atoms with Crippen molar-refractivity contribution in [3.63, 3.8) is 0 Å². The largest absolute Gasteiger partial charge is 0.490 e. The smallest absolute Gasteiger partial charge is 0.266 e. The molecule has 2 fully saturated rings. The van der Waals surface area contributed by atoms with Crippen molar-refractivity contribution in [2.24, 2.45) is 0 Å². The predicted molar refractivity (Wildman–Crippen MR) is 280 cm³/mol. The van der Waals surface area contributed by atoms with E-state index in [0.717, 1.165) is 42.9 Å².